The average molecular weight is 400 g/mol. The largest absolute Gasteiger partial charge is 0.481 e. The van der Waals surface area contributed by atoms with Crippen LogP contribution in [-0.2, 0) is 25.6 Å². The summed E-state index contributed by atoms with van der Waals surface area (Å²) in [6, 6.07) is 0. The van der Waals surface area contributed by atoms with Gasteiger partial charge in [-0.05, 0) is 19.4 Å². The van der Waals surface area contributed by atoms with Crippen molar-refractivity contribution in [2.45, 2.75) is 38.8 Å². The first-order valence-electron chi connectivity index (χ1n) is 8.60. The second kappa shape index (κ2) is 14.1. The van der Waals surface area contributed by atoms with Crippen molar-refractivity contribution in [2.75, 3.05) is 13.1 Å². The van der Waals surface area contributed by atoms with Gasteiger partial charge in [-0.25, -0.2) is 4.98 Å². The number of aromatic amines is 1. The van der Waals surface area contributed by atoms with E-state index in [1.807, 2.05) is 0 Å². The van der Waals surface area contributed by atoms with E-state index in [2.05, 4.69) is 20.6 Å². The summed E-state index contributed by atoms with van der Waals surface area (Å²) in [5.41, 5.74) is 11.3. The Morgan fingerprint density at radius 3 is 2.29 bits per heavy atom. The third kappa shape index (κ3) is 11.6. The van der Waals surface area contributed by atoms with Crippen LogP contribution in [0.3, 0.4) is 0 Å². The van der Waals surface area contributed by atoms with Gasteiger partial charge in [0.05, 0.1) is 12.9 Å². The van der Waals surface area contributed by atoms with Crippen molar-refractivity contribution < 1.29 is 29.4 Å². The number of carboxylic acids is 2. The van der Waals surface area contributed by atoms with Crippen LogP contribution in [0.1, 0.15) is 31.9 Å². The van der Waals surface area contributed by atoms with E-state index in [-0.39, 0.29) is 19.4 Å². The van der Waals surface area contributed by atoms with Crippen LogP contribution < -0.4 is 22.1 Å². The number of carboxylic acid groups (broad SMARTS) is 2. The van der Waals surface area contributed by atoms with E-state index >= 15 is 0 Å². The minimum atomic E-state index is -1.21. The lowest BCUT2D eigenvalue weighted by molar-refractivity contribution is -0.147. The fourth-order valence-corrected chi connectivity index (χ4v) is 2.14. The molecule has 0 bridgehead atoms. The molecule has 0 aliphatic heterocycles. The van der Waals surface area contributed by atoms with Crippen molar-refractivity contribution in [3.63, 3.8) is 0 Å². The lowest BCUT2D eigenvalue weighted by Gasteiger charge is -2.21. The van der Waals surface area contributed by atoms with Crippen molar-refractivity contribution in [3.05, 3.63) is 18.2 Å². The van der Waals surface area contributed by atoms with Crippen LogP contribution in [-0.4, -0.2) is 63.2 Å². The summed E-state index contributed by atoms with van der Waals surface area (Å²) >= 11 is 0. The molecule has 2 atom stereocenters. The molecule has 12 heteroatoms. The maximum Gasteiger partial charge on any atom is 0.316 e. The normalized spacial score (nSPS) is 12.1. The lowest BCUT2D eigenvalue weighted by atomic mass is 10.0. The molecule has 0 saturated heterocycles. The zero-order valence-corrected chi connectivity index (χ0v) is 15.7. The highest BCUT2D eigenvalue weighted by molar-refractivity contribution is 5.97. The Kier molecular flexibility index (Phi) is 12.6. The smallest absolute Gasteiger partial charge is 0.316 e. The Morgan fingerprint density at radius 1 is 1.18 bits per heavy atom. The van der Waals surface area contributed by atoms with Gasteiger partial charge in [0, 0.05) is 25.2 Å². The maximum atomic E-state index is 12.3. The molecule has 0 aliphatic carbocycles. The minimum absolute atomic E-state index is 0.181. The summed E-state index contributed by atoms with van der Waals surface area (Å²) in [5, 5.41) is 21.7. The average Bonchev–Trinajstić information content (AvgIpc) is 3.10. The Hall–Kier alpha value is -2.99. The molecular formula is C16H28N6O6. The number of nitrogens with zero attached hydrogens (tertiary/aromatic N) is 1. The van der Waals surface area contributed by atoms with Gasteiger partial charge in [0.25, 0.3) is 5.97 Å². The predicted molar refractivity (Wildman–Crippen MR) is 98.8 cm³/mol. The molecule has 1 rings (SSSR count). The van der Waals surface area contributed by atoms with E-state index in [4.69, 9.17) is 21.4 Å². The molecule has 0 radical (unpaired) electrons. The first kappa shape index (κ1) is 25.0. The number of unbranched alkanes of at least 4 members (excludes halogenated alkanes) is 1. The van der Waals surface area contributed by atoms with E-state index < -0.39 is 35.8 Å². The van der Waals surface area contributed by atoms with Gasteiger partial charge in [-0.15, -0.1) is 0 Å². The second-order valence-corrected chi connectivity index (χ2v) is 5.81. The molecule has 0 unspecified atom stereocenters. The molecule has 0 spiro atoms. The summed E-state index contributed by atoms with van der Waals surface area (Å²) < 4.78 is 0. The SMILES string of the molecule is CC(=O)O.NCCCC[C@H](C(=O)O)C(=O)N[C@@H](Cc1cnc[nH]1)NC(=O)CN. The molecule has 0 fully saturated rings. The Balaban J connectivity index is 0.00000165. The molecule has 2 amide bonds. The Labute approximate surface area is 162 Å². The summed E-state index contributed by atoms with van der Waals surface area (Å²) in [6.07, 6.45) is 3.80. The fourth-order valence-electron chi connectivity index (χ4n) is 2.14. The van der Waals surface area contributed by atoms with Crippen LogP contribution in [0.5, 0.6) is 0 Å². The molecular weight excluding hydrogens is 372 g/mol. The predicted octanol–water partition coefficient (Wildman–Crippen LogP) is -1.61. The van der Waals surface area contributed by atoms with Crippen LogP contribution in [0, 0.1) is 5.92 Å². The van der Waals surface area contributed by atoms with Gasteiger partial charge in [0.1, 0.15) is 12.1 Å². The highest BCUT2D eigenvalue weighted by atomic mass is 16.4. The van der Waals surface area contributed by atoms with E-state index in [1.165, 1.54) is 6.33 Å². The van der Waals surface area contributed by atoms with Crippen molar-refractivity contribution in [3.8, 4) is 0 Å². The van der Waals surface area contributed by atoms with Crippen molar-refractivity contribution in [1.82, 2.24) is 20.6 Å². The lowest BCUT2D eigenvalue weighted by Crippen LogP contribution is -2.53. The van der Waals surface area contributed by atoms with Crippen LogP contribution in [0.2, 0.25) is 0 Å². The molecule has 158 valence electrons. The highest BCUT2D eigenvalue weighted by Crippen LogP contribution is 2.10. The monoisotopic (exact) mass is 400 g/mol. The van der Waals surface area contributed by atoms with E-state index in [0.29, 0.717) is 25.1 Å². The van der Waals surface area contributed by atoms with E-state index in [0.717, 1.165) is 6.92 Å². The number of imidazole rings is 1. The zero-order valence-electron chi connectivity index (χ0n) is 15.7. The topological polar surface area (TPSA) is 214 Å². The van der Waals surface area contributed by atoms with Gasteiger partial charge in [0.2, 0.25) is 11.8 Å². The summed E-state index contributed by atoms with van der Waals surface area (Å²) in [4.78, 5) is 50.8. The first-order valence-corrected chi connectivity index (χ1v) is 8.60. The summed E-state index contributed by atoms with van der Waals surface area (Å²) in [6.45, 7) is 1.27. The number of aromatic nitrogens is 2. The van der Waals surface area contributed by atoms with Crippen molar-refractivity contribution in [2.24, 2.45) is 17.4 Å². The van der Waals surface area contributed by atoms with E-state index in [1.54, 1.807) is 6.20 Å². The van der Waals surface area contributed by atoms with Crippen LogP contribution >= 0.6 is 0 Å². The molecule has 0 saturated carbocycles. The fraction of sp³-hybridized carbons (Fsp3) is 0.562. The number of aliphatic carboxylic acids is 2. The quantitative estimate of drug-likeness (QED) is 0.129. The van der Waals surface area contributed by atoms with Gasteiger partial charge < -0.3 is 37.3 Å². The number of H-pyrrole nitrogens is 1. The van der Waals surface area contributed by atoms with Crippen LogP contribution in [0.25, 0.3) is 0 Å². The summed E-state index contributed by atoms with van der Waals surface area (Å²) in [7, 11) is 0. The number of nitrogens with one attached hydrogen (secondary N) is 3. The third-order valence-electron chi connectivity index (χ3n) is 3.38. The van der Waals surface area contributed by atoms with Crippen molar-refractivity contribution in [1.29, 1.82) is 0 Å². The zero-order chi connectivity index (χ0) is 21.5. The molecule has 1 aromatic rings. The molecule has 1 heterocycles. The number of amides is 2. The molecule has 0 aromatic carbocycles. The standard InChI is InChI=1S/C14H24N6O4.C2H4O2/c15-4-2-1-3-10(14(23)24)13(22)20-11(19-12(21)6-16)5-9-7-17-8-18-9;1-2(3)4/h7-8,10-11H,1-6,15-16H2,(H,17,18)(H,19,21)(H,20,22)(H,23,24);1H3,(H,3,4)/t10-,11-;/m0./s1. The van der Waals surface area contributed by atoms with Crippen LogP contribution in [0.4, 0.5) is 0 Å². The Bertz CT molecular complexity index is 617. The minimum Gasteiger partial charge on any atom is -0.481 e. The van der Waals surface area contributed by atoms with Crippen molar-refractivity contribution >= 4 is 23.8 Å². The highest BCUT2D eigenvalue weighted by Gasteiger charge is 2.28. The first-order chi connectivity index (χ1) is 13.2. The molecule has 9 N–H and O–H groups in total. The van der Waals surface area contributed by atoms with Crippen LogP contribution in [0.15, 0.2) is 12.5 Å². The molecule has 1 aromatic heterocycles. The van der Waals surface area contributed by atoms with Gasteiger partial charge in [-0.1, -0.05) is 6.42 Å². The third-order valence-corrected chi connectivity index (χ3v) is 3.38. The summed E-state index contributed by atoms with van der Waals surface area (Å²) in [5.74, 6) is -4.37. The maximum absolute atomic E-state index is 12.3. The number of rotatable bonds is 11. The Morgan fingerprint density at radius 2 is 1.82 bits per heavy atom. The van der Waals surface area contributed by atoms with Gasteiger partial charge in [-0.3, -0.25) is 19.2 Å². The number of nitrogens with two attached hydrogens (primary N) is 2. The molecule has 12 nitrogen and oxygen atoms in total. The number of carbonyl (C=O) groups excluding carboxylic acids is 2. The van der Waals surface area contributed by atoms with Gasteiger partial charge >= 0.3 is 5.97 Å². The van der Waals surface area contributed by atoms with E-state index in [9.17, 15) is 19.5 Å². The second-order valence-electron chi connectivity index (χ2n) is 5.81. The number of hydrogen-bond acceptors (Lipinski definition) is 7. The molecule has 0 aliphatic rings. The molecule has 28 heavy (non-hydrogen) atoms. The number of carbonyl (C=O) groups is 4. The number of hydrogen-bond donors (Lipinski definition) is 7. The van der Waals surface area contributed by atoms with Gasteiger partial charge in [-0.2, -0.15) is 0 Å². The van der Waals surface area contributed by atoms with Gasteiger partial charge in [0.15, 0.2) is 0 Å².